The predicted molar refractivity (Wildman–Crippen MR) is 117 cm³/mol. The third kappa shape index (κ3) is 3.97. The van der Waals surface area contributed by atoms with Crippen LogP contribution >= 0.6 is 0 Å². The maximum Gasteiger partial charge on any atom is 0.295 e. The van der Waals surface area contributed by atoms with Crippen molar-refractivity contribution >= 4 is 17.4 Å². The number of para-hydroxylation sites is 1. The molecule has 0 bridgehead atoms. The molecule has 1 aliphatic heterocycles. The van der Waals surface area contributed by atoms with Gasteiger partial charge in [0.05, 0.1) is 17.7 Å². The van der Waals surface area contributed by atoms with Crippen molar-refractivity contribution in [3.63, 3.8) is 0 Å². The van der Waals surface area contributed by atoms with Gasteiger partial charge in [0.15, 0.2) is 0 Å². The number of carbonyl (C=O) groups excluding carboxylic acids is 2. The first-order valence-corrected chi connectivity index (χ1v) is 10.4. The van der Waals surface area contributed by atoms with Crippen LogP contribution in [0.5, 0.6) is 5.75 Å². The van der Waals surface area contributed by atoms with Crippen LogP contribution in [0.4, 0.5) is 0 Å². The van der Waals surface area contributed by atoms with Crippen molar-refractivity contribution in [2.45, 2.75) is 53.2 Å². The third-order valence-corrected chi connectivity index (χ3v) is 5.23. The third-order valence-electron chi connectivity index (χ3n) is 5.23. The summed E-state index contributed by atoms with van der Waals surface area (Å²) in [5.74, 6) is -0.788. The van der Waals surface area contributed by atoms with Gasteiger partial charge in [-0.2, -0.15) is 0 Å². The first-order chi connectivity index (χ1) is 14.3. The Morgan fingerprint density at radius 1 is 1.13 bits per heavy atom. The molecule has 5 nitrogen and oxygen atoms in total. The zero-order chi connectivity index (χ0) is 22.0. The second-order valence-electron chi connectivity index (χ2n) is 8.02. The molecule has 1 saturated heterocycles. The van der Waals surface area contributed by atoms with E-state index in [1.807, 2.05) is 77.1 Å². The van der Waals surface area contributed by atoms with Crippen molar-refractivity contribution in [1.29, 1.82) is 0 Å². The van der Waals surface area contributed by atoms with Crippen LogP contribution in [0.25, 0.3) is 5.76 Å². The largest absolute Gasteiger partial charge is 0.507 e. The number of Topliss-reactive ketones (excluding diaryl/α,β-unsaturated/α-hetero) is 1. The second-order valence-corrected chi connectivity index (χ2v) is 8.02. The summed E-state index contributed by atoms with van der Waals surface area (Å²) in [6, 6.07) is 12.4. The molecule has 2 aromatic carbocycles. The Bertz CT molecular complexity index is 1010. The lowest BCUT2D eigenvalue weighted by molar-refractivity contribution is -0.139. The summed E-state index contributed by atoms with van der Waals surface area (Å²) in [6.07, 6.45) is 0.624. The van der Waals surface area contributed by atoms with E-state index in [1.165, 1.54) is 0 Å². The molecule has 0 radical (unpaired) electrons. The number of ether oxygens (including phenoxy) is 1. The molecule has 30 heavy (non-hydrogen) atoms. The maximum absolute atomic E-state index is 13.1. The molecule has 0 aliphatic carbocycles. The quantitative estimate of drug-likeness (QED) is 0.419. The number of ketones is 1. The fraction of sp³-hybridized carbons (Fsp3) is 0.360. The Morgan fingerprint density at radius 3 is 2.50 bits per heavy atom. The second kappa shape index (κ2) is 8.74. The number of aliphatic hydroxyl groups excluding tert-OH is 1. The van der Waals surface area contributed by atoms with Gasteiger partial charge in [-0.1, -0.05) is 42.8 Å². The van der Waals surface area contributed by atoms with Gasteiger partial charge < -0.3 is 14.7 Å². The number of rotatable bonds is 6. The summed E-state index contributed by atoms with van der Waals surface area (Å²) in [7, 11) is 0. The van der Waals surface area contributed by atoms with Gasteiger partial charge in [0.1, 0.15) is 11.5 Å². The van der Waals surface area contributed by atoms with E-state index in [0.717, 1.165) is 11.1 Å². The number of amides is 1. The van der Waals surface area contributed by atoms with Crippen LogP contribution < -0.4 is 4.74 Å². The van der Waals surface area contributed by atoms with Gasteiger partial charge in [-0.05, 0) is 51.8 Å². The normalized spacial score (nSPS) is 18.3. The predicted octanol–water partition coefficient (Wildman–Crippen LogP) is 4.92. The fourth-order valence-electron chi connectivity index (χ4n) is 3.88. The van der Waals surface area contributed by atoms with Gasteiger partial charge in [0.25, 0.3) is 11.7 Å². The minimum atomic E-state index is -0.695. The van der Waals surface area contributed by atoms with E-state index in [-0.39, 0.29) is 17.4 Å². The lowest BCUT2D eigenvalue weighted by atomic mass is 9.92. The van der Waals surface area contributed by atoms with Gasteiger partial charge in [0.2, 0.25) is 0 Å². The highest BCUT2D eigenvalue weighted by Gasteiger charge is 2.46. The van der Waals surface area contributed by atoms with E-state index in [1.54, 1.807) is 4.90 Å². The fourth-order valence-corrected chi connectivity index (χ4v) is 3.88. The topological polar surface area (TPSA) is 66.8 Å². The van der Waals surface area contributed by atoms with Crippen molar-refractivity contribution in [2.24, 2.45) is 0 Å². The van der Waals surface area contributed by atoms with Crippen LogP contribution in [0.1, 0.15) is 55.5 Å². The SMILES string of the molecule is CCCN1C(=O)C(=O)/C(=C(/O)c2cc(C)ccc2C)C1c1ccccc1OC(C)C. The monoisotopic (exact) mass is 407 g/mol. The molecule has 1 heterocycles. The molecule has 1 unspecified atom stereocenters. The lowest BCUT2D eigenvalue weighted by Crippen LogP contribution is -2.30. The smallest absolute Gasteiger partial charge is 0.295 e. The highest BCUT2D eigenvalue weighted by atomic mass is 16.5. The molecular formula is C25H29NO4. The Morgan fingerprint density at radius 2 is 1.83 bits per heavy atom. The van der Waals surface area contributed by atoms with E-state index in [0.29, 0.717) is 29.8 Å². The highest BCUT2D eigenvalue weighted by Crippen LogP contribution is 2.43. The van der Waals surface area contributed by atoms with Gasteiger partial charge >= 0.3 is 0 Å². The lowest BCUT2D eigenvalue weighted by Gasteiger charge is -2.27. The number of hydrogen-bond acceptors (Lipinski definition) is 4. The Labute approximate surface area is 178 Å². The summed E-state index contributed by atoms with van der Waals surface area (Å²) in [5, 5.41) is 11.2. The first kappa shape index (κ1) is 21.6. The van der Waals surface area contributed by atoms with Gasteiger partial charge in [-0.25, -0.2) is 0 Å². The van der Waals surface area contributed by atoms with Crippen molar-refractivity contribution < 1.29 is 19.4 Å². The Hall–Kier alpha value is -3.08. The molecule has 1 amide bonds. The summed E-state index contributed by atoms with van der Waals surface area (Å²) < 4.78 is 5.98. The zero-order valence-corrected chi connectivity index (χ0v) is 18.2. The van der Waals surface area contributed by atoms with Crippen LogP contribution in [0.3, 0.4) is 0 Å². The highest BCUT2D eigenvalue weighted by molar-refractivity contribution is 6.46. The van der Waals surface area contributed by atoms with Crippen molar-refractivity contribution in [2.75, 3.05) is 6.54 Å². The standard InChI is InChI=1S/C25H29NO4/c1-6-13-26-22(18-9-7-8-10-20(18)30-15(2)3)21(24(28)25(26)29)23(27)19-14-16(4)11-12-17(19)5/h7-12,14-15,22,27H,6,13H2,1-5H3/b23-21+. The van der Waals surface area contributed by atoms with Crippen LogP contribution in [0.15, 0.2) is 48.0 Å². The average Bonchev–Trinajstić information content (AvgIpc) is 2.94. The van der Waals surface area contributed by atoms with E-state index in [9.17, 15) is 14.7 Å². The van der Waals surface area contributed by atoms with E-state index >= 15 is 0 Å². The minimum Gasteiger partial charge on any atom is -0.507 e. The number of nitrogens with zero attached hydrogens (tertiary/aromatic N) is 1. The van der Waals surface area contributed by atoms with Crippen molar-refractivity contribution in [3.05, 3.63) is 70.3 Å². The molecule has 158 valence electrons. The van der Waals surface area contributed by atoms with Gasteiger partial charge in [0, 0.05) is 17.7 Å². The number of aryl methyl sites for hydroxylation is 2. The van der Waals surface area contributed by atoms with Crippen LogP contribution in [-0.4, -0.2) is 34.3 Å². The molecule has 3 rings (SSSR count). The Balaban J connectivity index is 2.27. The summed E-state index contributed by atoms with van der Waals surface area (Å²) in [4.78, 5) is 27.5. The molecule has 2 aromatic rings. The molecule has 1 aliphatic rings. The van der Waals surface area contributed by atoms with Crippen LogP contribution in [0.2, 0.25) is 0 Å². The van der Waals surface area contributed by atoms with Crippen LogP contribution in [0, 0.1) is 13.8 Å². The minimum absolute atomic E-state index is 0.0707. The summed E-state index contributed by atoms with van der Waals surface area (Å²) >= 11 is 0. The number of benzene rings is 2. The van der Waals surface area contributed by atoms with Crippen molar-refractivity contribution in [1.82, 2.24) is 4.90 Å². The average molecular weight is 408 g/mol. The van der Waals surface area contributed by atoms with Gasteiger partial charge in [-0.3, -0.25) is 9.59 Å². The van der Waals surface area contributed by atoms with Crippen molar-refractivity contribution in [3.8, 4) is 5.75 Å². The molecule has 5 heteroatoms. The number of likely N-dealkylation sites (tertiary alicyclic amines) is 1. The molecule has 0 aromatic heterocycles. The first-order valence-electron chi connectivity index (χ1n) is 10.4. The molecule has 1 fully saturated rings. The van der Waals surface area contributed by atoms with E-state index in [4.69, 9.17) is 4.74 Å². The van der Waals surface area contributed by atoms with E-state index in [2.05, 4.69) is 0 Å². The molecular weight excluding hydrogens is 378 g/mol. The molecule has 1 atom stereocenters. The Kier molecular flexibility index (Phi) is 6.30. The van der Waals surface area contributed by atoms with Crippen LogP contribution in [-0.2, 0) is 9.59 Å². The molecule has 0 spiro atoms. The van der Waals surface area contributed by atoms with Gasteiger partial charge in [-0.15, -0.1) is 0 Å². The summed E-state index contributed by atoms with van der Waals surface area (Å²) in [6.45, 7) is 10.0. The van der Waals surface area contributed by atoms with E-state index < -0.39 is 17.7 Å². The number of hydrogen-bond donors (Lipinski definition) is 1. The zero-order valence-electron chi connectivity index (χ0n) is 18.2. The molecule has 1 N–H and O–H groups in total. The summed E-state index contributed by atoms with van der Waals surface area (Å²) in [5.41, 5.74) is 3.18. The molecule has 0 saturated carbocycles. The maximum atomic E-state index is 13.1. The number of carbonyl (C=O) groups is 2. The number of aliphatic hydroxyl groups is 1.